The molecule has 262 valence electrons. The molecule has 0 amide bonds. The number of aryl methyl sites for hydroxylation is 2. The largest absolute Gasteiger partial charge is 0.456 e. The van der Waals surface area contributed by atoms with Gasteiger partial charge in [-0.15, -0.1) is 0 Å². The fraction of sp³-hybridized carbons (Fsp3) is 0.386. The van der Waals surface area contributed by atoms with Gasteiger partial charge < -0.3 is 14.2 Å². The molecule has 0 aromatic heterocycles. The third-order valence-electron chi connectivity index (χ3n) is 10.00. The predicted octanol–water partition coefficient (Wildman–Crippen LogP) is 10.6. The van der Waals surface area contributed by atoms with Crippen molar-refractivity contribution in [3.63, 3.8) is 0 Å². The fourth-order valence-electron chi connectivity index (χ4n) is 7.75. The van der Waals surface area contributed by atoms with E-state index in [1.165, 1.54) is 11.6 Å². The van der Waals surface area contributed by atoms with E-state index in [0.717, 1.165) is 60.8 Å². The maximum Gasteiger partial charge on any atom is 0.343 e. The zero-order valence-corrected chi connectivity index (χ0v) is 30.8. The zero-order valence-electron chi connectivity index (χ0n) is 30.8. The van der Waals surface area contributed by atoms with Crippen molar-refractivity contribution in [3.8, 4) is 5.75 Å². The van der Waals surface area contributed by atoms with Crippen LogP contribution in [0.15, 0.2) is 84.9 Å². The van der Waals surface area contributed by atoms with Crippen LogP contribution in [0.4, 0.5) is 0 Å². The third kappa shape index (κ3) is 7.12. The summed E-state index contributed by atoms with van der Waals surface area (Å²) in [7, 11) is 0. The Morgan fingerprint density at radius 2 is 1.30 bits per heavy atom. The lowest BCUT2D eigenvalue weighted by Crippen LogP contribution is -2.30. The highest BCUT2D eigenvalue weighted by Gasteiger charge is 2.49. The number of carbonyl (C=O) groups is 3. The first-order valence-corrected chi connectivity index (χ1v) is 17.9. The van der Waals surface area contributed by atoms with E-state index in [1.807, 2.05) is 58.0 Å². The molecular formula is C44H50O6. The smallest absolute Gasteiger partial charge is 0.343 e. The summed E-state index contributed by atoms with van der Waals surface area (Å²) in [6, 6.07) is 25.9. The number of carbonyl (C=O) groups excluding carboxylic acids is 3. The Morgan fingerprint density at radius 1 is 0.700 bits per heavy atom. The van der Waals surface area contributed by atoms with Gasteiger partial charge >= 0.3 is 17.9 Å². The molecule has 6 nitrogen and oxygen atoms in total. The molecule has 1 aliphatic heterocycles. The summed E-state index contributed by atoms with van der Waals surface area (Å²) < 4.78 is 18.0. The number of esters is 3. The van der Waals surface area contributed by atoms with Gasteiger partial charge in [0.2, 0.25) is 0 Å². The van der Waals surface area contributed by atoms with Gasteiger partial charge in [-0.25, -0.2) is 14.4 Å². The molecule has 0 saturated heterocycles. The van der Waals surface area contributed by atoms with Crippen molar-refractivity contribution >= 4 is 17.9 Å². The van der Waals surface area contributed by atoms with E-state index in [0.29, 0.717) is 16.9 Å². The number of rotatable bonds is 13. The second-order valence-corrected chi connectivity index (χ2v) is 14.6. The van der Waals surface area contributed by atoms with Gasteiger partial charge in [0.05, 0.1) is 16.7 Å². The summed E-state index contributed by atoms with van der Waals surface area (Å²) in [5.74, 6) is -1.10. The van der Waals surface area contributed by atoms with E-state index in [-0.39, 0.29) is 22.5 Å². The van der Waals surface area contributed by atoms with Gasteiger partial charge in [-0.3, -0.25) is 0 Å². The monoisotopic (exact) mass is 674 g/mol. The van der Waals surface area contributed by atoms with Crippen LogP contribution in [-0.2, 0) is 20.5 Å². The molecule has 1 atom stereocenters. The Balaban J connectivity index is 1.50. The summed E-state index contributed by atoms with van der Waals surface area (Å²) in [5.41, 5.74) is 4.87. The van der Waals surface area contributed by atoms with Crippen LogP contribution < -0.4 is 4.74 Å². The minimum absolute atomic E-state index is 0.0527. The molecule has 1 unspecified atom stereocenters. The summed E-state index contributed by atoms with van der Waals surface area (Å²) in [6.07, 6.45) is 5.98. The molecule has 1 heterocycles. The van der Waals surface area contributed by atoms with Gasteiger partial charge in [0.25, 0.3) is 0 Å². The number of ether oxygens (including phenoxy) is 3. The molecule has 0 bridgehead atoms. The molecule has 50 heavy (non-hydrogen) atoms. The quantitative estimate of drug-likeness (QED) is 0.104. The maximum absolute atomic E-state index is 13.4. The van der Waals surface area contributed by atoms with E-state index >= 15 is 0 Å². The van der Waals surface area contributed by atoms with E-state index in [1.54, 1.807) is 30.3 Å². The summed E-state index contributed by atoms with van der Waals surface area (Å²) in [4.78, 5) is 39.7. The molecule has 0 spiro atoms. The fourth-order valence-corrected chi connectivity index (χ4v) is 7.75. The van der Waals surface area contributed by atoms with Crippen LogP contribution in [0.5, 0.6) is 5.75 Å². The highest BCUT2D eigenvalue weighted by Crippen LogP contribution is 2.49. The average molecular weight is 675 g/mol. The Morgan fingerprint density at radius 3 is 1.92 bits per heavy atom. The molecule has 0 fully saturated rings. The Labute approximate surface area is 297 Å². The molecular weight excluding hydrogens is 624 g/mol. The minimum Gasteiger partial charge on any atom is -0.456 e. The van der Waals surface area contributed by atoms with Crippen molar-refractivity contribution in [2.24, 2.45) is 0 Å². The number of fused-ring (bicyclic) bond motifs is 1. The zero-order chi connectivity index (χ0) is 36.3. The molecule has 0 aliphatic carbocycles. The highest BCUT2D eigenvalue weighted by molar-refractivity contribution is 5.97. The molecule has 4 aromatic carbocycles. The number of benzene rings is 4. The van der Waals surface area contributed by atoms with Gasteiger partial charge in [0.15, 0.2) is 5.60 Å². The lowest BCUT2D eigenvalue weighted by molar-refractivity contribution is -0.00476. The van der Waals surface area contributed by atoms with Crippen LogP contribution in [0.2, 0.25) is 0 Å². The standard InChI is InChI=1S/C44H50O6/c1-9-23-42(6,7)49-40(46)32-16-14-15-31(28-32)39(45)48-38-22-20-34(27-30(38)5)44(37-18-13-12-17-35(37)41(47)50-44)33-19-21-36(29(4)26-33)43(8,24-10-2)25-11-3/h12-22,26-28H,9-11,23-25H2,1-8H3. The van der Waals surface area contributed by atoms with Crippen molar-refractivity contribution in [2.45, 2.75) is 111 Å². The second kappa shape index (κ2) is 14.6. The van der Waals surface area contributed by atoms with Crippen molar-refractivity contribution in [1.29, 1.82) is 0 Å². The normalized spacial score (nSPS) is 15.7. The molecule has 6 heteroatoms. The third-order valence-corrected chi connectivity index (χ3v) is 10.00. The van der Waals surface area contributed by atoms with Gasteiger partial charge in [0, 0.05) is 16.7 Å². The molecule has 5 rings (SSSR count). The topological polar surface area (TPSA) is 78.9 Å². The van der Waals surface area contributed by atoms with Crippen LogP contribution in [0.25, 0.3) is 0 Å². The van der Waals surface area contributed by atoms with Crippen LogP contribution in [0.1, 0.15) is 145 Å². The summed E-state index contributed by atoms with van der Waals surface area (Å²) in [5, 5.41) is 0. The second-order valence-electron chi connectivity index (χ2n) is 14.6. The lowest BCUT2D eigenvalue weighted by Gasteiger charge is -2.34. The predicted molar refractivity (Wildman–Crippen MR) is 197 cm³/mol. The first kappa shape index (κ1) is 36.6. The first-order chi connectivity index (χ1) is 23.8. The molecule has 1 aliphatic rings. The molecule has 0 saturated carbocycles. The van der Waals surface area contributed by atoms with E-state index < -0.39 is 23.1 Å². The minimum atomic E-state index is -1.18. The van der Waals surface area contributed by atoms with E-state index in [9.17, 15) is 14.4 Å². The van der Waals surface area contributed by atoms with Crippen molar-refractivity contribution in [2.75, 3.05) is 0 Å². The lowest BCUT2D eigenvalue weighted by atomic mass is 9.72. The Hall–Kier alpha value is -4.71. The van der Waals surface area contributed by atoms with Gasteiger partial charge in [-0.05, 0) is 105 Å². The van der Waals surface area contributed by atoms with E-state index in [4.69, 9.17) is 14.2 Å². The van der Waals surface area contributed by atoms with Gasteiger partial charge in [-0.1, -0.05) is 95.5 Å². The number of hydrogen-bond acceptors (Lipinski definition) is 6. The van der Waals surface area contributed by atoms with Crippen molar-refractivity contribution in [1.82, 2.24) is 0 Å². The van der Waals surface area contributed by atoms with Crippen LogP contribution in [0, 0.1) is 13.8 Å². The van der Waals surface area contributed by atoms with Gasteiger partial charge in [-0.2, -0.15) is 0 Å². The summed E-state index contributed by atoms with van der Waals surface area (Å²) in [6.45, 7) is 16.6. The van der Waals surface area contributed by atoms with Crippen molar-refractivity contribution < 1.29 is 28.6 Å². The Kier molecular flexibility index (Phi) is 10.7. The number of cyclic esters (lactones) is 1. The van der Waals surface area contributed by atoms with Crippen molar-refractivity contribution in [3.05, 3.63) is 135 Å². The summed E-state index contributed by atoms with van der Waals surface area (Å²) >= 11 is 0. The van der Waals surface area contributed by atoms with Crippen LogP contribution in [0.3, 0.4) is 0 Å². The molecule has 4 aromatic rings. The molecule has 0 radical (unpaired) electrons. The maximum atomic E-state index is 13.4. The Bertz CT molecular complexity index is 1900. The van der Waals surface area contributed by atoms with E-state index in [2.05, 4.69) is 45.9 Å². The first-order valence-electron chi connectivity index (χ1n) is 17.9. The van der Waals surface area contributed by atoms with Gasteiger partial charge in [0.1, 0.15) is 11.4 Å². The van der Waals surface area contributed by atoms with Crippen LogP contribution in [-0.4, -0.2) is 23.5 Å². The molecule has 0 N–H and O–H groups in total. The van der Waals surface area contributed by atoms with Crippen LogP contribution >= 0.6 is 0 Å². The average Bonchev–Trinajstić information content (AvgIpc) is 3.38. The number of hydrogen-bond donors (Lipinski definition) is 0. The highest BCUT2D eigenvalue weighted by atomic mass is 16.6. The SMILES string of the molecule is CCCC(C)(C)OC(=O)c1cccc(C(=O)Oc2ccc(C3(c4ccc(C(C)(CCC)CCC)c(C)c4)OC(=O)c4ccccc43)cc2C)c1.